The summed E-state index contributed by atoms with van der Waals surface area (Å²) < 4.78 is 7.05. The summed E-state index contributed by atoms with van der Waals surface area (Å²) in [6, 6.07) is 24.0. The lowest BCUT2D eigenvalue weighted by atomic mass is 9.97. The molecule has 0 radical (unpaired) electrons. The van der Waals surface area contributed by atoms with Crippen molar-refractivity contribution in [3.8, 4) is 11.1 Å². The number of esters is 1. The predicted molar refractivity (Wildman–Crippen MR) is 118 cm³/mol. The van der Waals surface area contributed by atoms with Crippen LogP contribution in [0.25, 0.3) is 16.6 Å². The standard InChI is InChI=1S/C26H23NO3/c1-2-30-26(29)25-22-10-6-7-17-27(22)23(18-28)24(25)21-15-13-20(14-16-21)12-11-19-8-4-3-5-9-19/h3-10,13-18H,2,11-12H2,1H3. The number of pyridine rings is 1. The molecular formula is C26H23NO3. The second kappa shape index (κ2) is 8.78. The molecule has 2 heterocycles. The van der Waals surface area contributed by atoms with Gasteiger partial charge < -0.3 is 9.14 Å². The van der Waals surface area contributed by atoms with Gasteiger partial charge in [-0.3, -0.25) is 4.79 Å². The Morgan fingerprint density at radius 1 is 0.900 bits per heavy atom. The summed E-state index contributed by atoms with van der Waals surface area (Å²) in [7, 11) is 0. The molecule has 2 aromatic carbocycles. The number of hydrogen-bond acceptors (Lipinski definition) is 3. The van der Waals surface area contributed by atoms with Gasteiger partial charge >= 0.3 is 5.97 Å². The molecule has 4 aromatic rings. The number of fused-ring (bicyclic) bond motifs is 1. The van der Waals surface area contributed by atoms with Gasteiger partial charge in [0.2, 0.25) is 0 Å². The van der Waals surface area contributed by atoms with Crippen LogP contribution in [0.15, 0.2) is 79.0 Å². The molecule has 2 aromatic heterocycles. The summed E-state index contributed by atoms with van der Waals surface area (Å²) in [6.45, 7) is 2.05. The van der Waals surface area contributed by atoms with Crippen molar-refractivity contribution in [3.05, 3.63) is 101 Å². The van der Waals surface area contributed by atoms with Gasteiger partial charge in [-0.15, -0.1) is 0 Å². The Kier molecular flexibility index (Phi) is 5.75. The highest BCUT2D eigenvalue weighted by atomic mass is 16.5. The highest BCUT2D eigenvalue weighted by Gasteiger charge is 2.25. The van der Waals surface area contributed by atoms with Crippen LogP contribution in [0.5, 0.6) is 0 Å². The van der Waals surface area contributed by atoms with Gasteiger partial charge in [0.25, 0.3) is 0 Å². The first-order valence-electron chi connectivity index (χ1n) is 10.1. The fourth-order valence-corrected chi connectivity index (χ4v) is 3.82. The molecule has 0 bridgehead atoms. The number of carbonyl (C=O) groups is 2. The first-order valence-corrected chi connectivity index (χ1v) is 10.1. The number of carbonyl (C=O) groups excluding carboxylic acids is 2. The van der Waals surface area contributed by atoms with Crippen molar-refractivity contribution >= 4 is 17.8 Å². The lowest BCUT2D eigenvalue weighted by Crippen LogP contribution is -2.05. The zero-order chi connectivity index (χ0) is 20.9. The first kappa shape index (κ1) is 19.6. The molecule has 0 saturated heterocycles. The molecule has 30 heavy (non-hydrogen) atoms. The van der Waals surface area contributed by atoms with Crippen molar-refractivity contribution in [1.82, 2.24) is 4.40 Å². The third kappa shape index (κ3) is 3.77. The van der Waals surface area contributed by atoms with Crippen molar-refractivity contribution in [2.24, 2.45) is 0 Å². The van der Waals surface area contributed by atoms with E-state index < -0.39 is 5.97 Å². The minimum Gasteiger partial charge on any atom is -0.462 e. The molecule has 4 rings (SSSR count). The van der Waals surface area contributed by atoms with Crippen LogP contribution in [-0.2, 0) is 17.6 Å². The Balaban J connectivity index is 1.72. The van der Waals surface area contributed by atoms with Gasteiger partial charge in [-0.25, -0.2) is 4.79 Å². The maximum absolute atomic E-state index is 12.8. The number of aldehydes is 1. The molecule has 0 unspecified atom stereocenters. The van der Waals surface area contributed by atoms with E-state index in [0.29, 0.717) is 22.3 Å². The molecule has 150 valence electrons. The van der Waals surface area contributed by atoms with Crippen molar-refractivity contribution in [1.29, 1.82) is 0 Å². The van der Waals surface area contributed by atoms with Crippen LogP contribution in [0, 0.1) is 0 Å². The maximum atomic E-state index is 12.8. The average Bonchev–Trinajstić information content (AvgIpc) is 3.13. The van der Waals surface area contributed by atoms with Gasteiger partial charge in [0.05, 0.1) is 23.4 Å². The fraction of sp³-hybridized carbons (Fsp3) is 0.154. The molecule has 0 amide bonds. The van der Waals surface area contributed by atoms with E-state index in [1.54, 1.807) is 17.5 Å². The minimum absolute atomic E-state index is 0.275. The van der Waals surface area contributed by atoms with Gasteiger partial charge in [-0.2, -0.15) is 0 Å². The van der Waals surface area contributed by atoms with Crippen LogP contribution in [0.2, 0.25) is 0 Å². The largest absolute Gasteiger partial charge is 0.462 e. The highest BCUT2D eigenvalue weighted by molar-refractivity contribution is 6.09. The van der Waals surface area contributed by atoms with E-state index in [-0.39, 0.29) is 6.61 Å². The normalized spacial score (nSPS) is 10.8. The summed E-state index contributed by atoms with van der Waals surface area (Å²) in [5.41, 5.74) is 5.49. The smallest absolute Gasteiger partial charge is 0.340 e. The maximum Gasteiger partial charge on any atom is 0.340 e. The van der Waals surface area contributed by atoms with Crippen molar-refractivity contribution in [3.63, 3.8) is 0 Å². The summed E-state index contributed by atoms with van der Waals surface area (Å²) in [4.78, 5) is 24.7. The van der Waals surface area contributed by atoms with Crippen molar-refractivity contribution in [2.75, 3.05) is 6.61 Å². The first-order chi connectivity index (χ1) is 14.7. The van der Waals surface area contributed by atoms with Gasteiger partial charge in [0, 0.05) is 11.8 Å². The summed E-state index contributed by atoms with van der Waals surface area (Å²) >= 11 is 0. The van der Waals surface area contributed by atoms with Gasteiger partial charge in [0.15, 0.2) is 6.29 Å². The highest BCUT2D eigenvalue weighted by Crippen LogP contribution is 2.33. The number of rotatable bonds is 7. The molecule has 0 spiro atoms. The number of hydrogen-bond donors (Lipinski definition) is 0. The van der Waals surface area contributed by atoms with Crippen molar-refractivity contribution in [2.45, 2.75) is 19.8 Å². The number of aromatic nitrogens is 1. The van der Waals surface area contributed by atoms with Crippen LogP contribution >= 0.6 is 0 Å². The zero-order valence-corrected chi connectivity index (χ0v) is 16.9. The van der Waals surface area contributed by atoms with Gasteiger partial charge in [0.1, 0.15) is 0 Å². The molecule has 0 fully saturated rings. The van der Waals surface area contributed by atoms with E-state index in [4.69, 9.17) is 4.74 Å². The Bertz CT molecular complexity index is 1170. The molecule has 4 heteroatoms. The molecule has 0 aliphatic rings. The van der Waals surface area contributed by atoms with Crippen LogP contribution in [0.1, 0.15) is 38.9 Å². The Hall–Kier alpha value is -3.66. The number of aryl methyl sites for hydroxylation is 2. The minimum atomic E-state index is -0.419. The zero-order valence-electron chi connectivity index (χ0n) is 16.9. The second-order valence-electron chi connectivity index (χ2n) is 7.11. The molecule has 4 nitrogen and oxygen atoms in total. The lowest BCUT2D eigenvalue weighted by Gasteiger charge is -2.08. The Labute approximate surface area is 175 Å². The summed E-state index contributed by atoms with van der Waals surface area (Å²) in [5.74, 6) is -0.419. The van der Waals surface area contributed by atoms with Crippen LogP contribution in [-0.4, -0.2) is 23.3 Å². The predicted octanol–water partition coefficient (Wildman–Crippen LogP) is 5.38. The third-order valence-electron chi connectivity index (χ3n) is 5.26. The number of nitrogens with zero attached hydrogens (tertiary/aromatic N) is 1. The lowest BCUT2D eigenvalue weighted by molar-refractivity contribution is 0.0529. The van der Waals surface area contributed by atoms with Crippen LogP contribution in [0.3, 0.4) is 0 Å². The summed E-state index contributed by atoms with van der Waals surface area (Å²) in [5, 5.41) is 0. The van der Waals surface area contributed by atoms with E-state index >= 15 is 0 Å². The molecule has 0 N–H and O–H groups in total. The quantitative estimate of drug-likeness (QED) is 0.311. The van der Waals surface area contributed by atoms with E-state index in [0.717, 1.165) is 24.7 Å². The topological polar surface area (TPSA) is 47.8 Å². The van der Waals surface area contributed by atoms with E-state index in [1.807, 2.05) is 48.5 Å². The number of ether oxygens (including phenoxy) is 1. The molecule has 0 aliphatic carbocycles. The van der Waals surface area contributed by atoms with Crippen LogP contribution in [0.4, 0.5) is 0 Å². The Morgan fingerprint density at radius 3 is 2.23 bits per heavy atom. The monoisotopic (exact) mass is 397 g/mol. The van der Waals surface area contributed by atoms with E-state index in [1.165, 1.54) is 11.1 Å². The molecular weight excluding hydrogens is 374 g/mol. The summed E-state index contributed by atoms with van der Waals surface area (Å²) in [6.07, 6.45) is 4.48. The van der Waals surface area contributed by atoms with Gasteiger partial charge in [-0.05, 0) is 48.6 Å². The third-order valence-corrected chi connectivity index (χ3v) is 5.26. The van der Waals surface area contributed by atoms with Crippen molar-refractivity contribution < 1.29 is 14.3 Å². The molecule has 0 aliphatic heterocycles. The number of benzene rings is 2. The van der Waals surface area contributed by atoms with E-state index in [2.05, 4.69) is 24.3 Å². The van der Waals surface area contributed by atoms with Gasteiger partial charge in [-0.1, -0.05) is 60.7 Å². The Morgan fingerprint density at radius 2 is 1.57 bits per heavy atom. The average molecular weight is 397 g/mol. The molecule has 0 saturated carbocycles. The van der Waals surface area contributed by atoms with E-state index in [9.17, 15) is 9.59 Å². The molecule has 0 atom stereocenters. The fourth-order valence-electron chi connectivity index (χ4n) is 3.82. The SMILES string of the molecule is CCOC(=O)c1c(-c2ccc(CCc3ccccc3)cc2)c(C=O)n2ccccc12. The van der Waals surface area contributed by atoms with Crippen LogP contribution < -0.4 is 0 Å². The second-order valence-corrected chi connectivity index (χ2v) is 7.11.